The van der Waals surface area contributed by atoms with Gasteiger partial charge in [0.25, 0.3) is 0 Å². The van der Waals surface area contributed by atoms with Crippen LogP contribution in [0.1, 0.15) is 28.4 Å². The van der Waals surface area contributed by atoms with Gasteiger partial charge in [-0.05, 0) is 25.5 Å². The van der Waals surface area contributed by atoms with Gasteiger partial charge in [0.05, 0.1) is 12.9 Å². The van der Waals surface area contributed by atoms with Crippen LogP contribution in [-0.4, -0.2) is 12.4 Å². The van der Waals surface area contributed by atoms with E-state index in [9.17, 15) is 4.79 Å². The van der Waals surface area contributed by atoms with Crippen molar-refractivity contribution in [2.24, 2.45) is 0 Å². The lowest BCUT2D eigenvalue weighted by molar-refractivity contribution is 0.103. The zero-order chi connectivity index (χ0) is 10.8. The molecule has 2 rings (SSSR count). The van der Waals surface area contributed by atoms with Crippen LogP contribution in [0, 0.1) is 6.92 Å². The second-order valence-corrected chi connectivity index (χ2v) is 3.76. The van der Waals surface area contributed by atoms with Crippen LogP contribution < -0.4 is 0 Å². The maximum atomic E-state index is 11.9. The van der Waals surface area contributed by atoms with Crippen molar-refractivity contribution >= 4 is 5.78 Å². The first kappa shape index (κ1) is 9.97. The van der Waals surface area contributed by atoms with E-state index in [0.717, 1.165) is 22.3 Å². The molecule has 0 saturated carbocycles. The Kier molecular flexibility index (Phi) is 2.58. The molecule has 2 nitrogen and oxygen atoms in total. The molecular weight excluding hydrogens is 188 g/mol. The Labute approximate surface area is 89.6 Å². The number of ether oxygens (including phenoxy) is 1. The predicted octanol–water partition coefficient (Wildman–Crippen LogP) is 2.65. The number of hydrogen-bond donors (Lipinski definition) is 0. The highest BCUT2D eigenvalue weighted by atomic mass is 16.5. The average molecular weight is 202 g/mol. The number of benzene rings is 1. The molecule has 0 bridgehead atoms. The molecule has 0 aliphatic heterocycles. The fraction of sp³-hybridized carbons (Fsp3) is 0.308. The van der Waals surface area contributed by atoms with Crippen molar-refractivity contribution < 1.29 is 9.53 Å². The minimum atomic E-state index is 0.113. The second-order valence-electron chi connectivity index (χ2n) is 3.76. The fourth-order valence-corrected chi connectivity index (χ4v) is 1.79. The molecule has 0 saturated heterocycles. The van der Waals surface area contributed by atoms with Gasteiger partial charge in [-0.1, -0.05) is 17.7 Å². The van der Waals surface area contributed by atoms with Crippen LogP contribution in [0.2, 0.25) is 0 Å². The normalized spacial score (nSPS) is 16.9. The van der Waals surface area contributed by atoms with E-state index in [1.54, 1.807) is 6.26 Å². The molecule has 78 valence electrons. The summed E-state index contributed by atoms with van der Waals surface area (Å²) in [5.74, 6) is 0.113. The molecule has 2 heteroatoms. The van der Waals surface area contributed by atoms with E-state index >= 15 is 0 Å². The van der Waals surface area contributed by atoms with Crippen molar-refractivity contribution in [2.45, 2.75) is 20.3 Å². The number of fused-ring (bicyclic) bond motifs is 1. The van der Waals surface area contributed by atoms with Gasteiger partial charge >= 0.3 is 0 Å². The Morgan fingerprint density at radius 3 is 3.00 bits per heavy atom. The van der Waals surface area contributed by atoms with Crippen molar-refractivity contribution in [2.75, 3.05) is 6.61 Å². The van der Waals surface area contributed by atoms with Gasteiger partial charge in [0.2, 0.25) is 0 Å². The molecule has 1 aliphatic rings. The highest BCUT2D eigenvalue weighted by Gasteiger charge is 2.24. The number of carbonyl (C=O) groups excluding carboxylic acids is 1. The van der Waals surface area contributed by atoms with Gasteiger partial charge in [0.15, 0.2) is 5.78 Å². The quantitative estimate of drug-likeness (QED) is 0.544. The highest BCUT2D eigenvalue weighted by molar-refractivity contribution is 6.13. The summed E-state index contributed by atoms with van der Waals surface area (Å²) in [5, 5.41) is 0. The second kappa shape index (κ2) is 3.89. The van der Waals surface area contributed by atoms with E-state index in [-0.39, 0.29) is 5.78 Å². The number of rotatable bonds is 2. The van der Waals surface area contributed by atoms with Gasteiger partial charge in [-0.2, -0.15) is 0 Å². The Morgan fingerprint density at radius 1 is 1.47 bits per heavy atom. The average Bonchev–Trinajstić information content (AvgIpc) is 2.53. The van der Waals surface area contributed by atoms with Gasteiger partial charge in [-0.3, -0.25) is 4.79 Å². The van der Waals surface area contributed by atoms with E-state index in [1.165, 1.54) is 0 Å². The molecule has 1 aromatic carbocycles. The van der Waals surface area contributed by atoms with Gasteiger partial charge in [0, 0.05) is 17.6 Å². The van der Waals surface area contributed by atoms with Crippen molar-refractivity contribution in [3.8, 4) is 0 Å². The standard InChI is InChI=1S/C13H14O2/c1-3-15-8-11-7-10-5-4-9(2)6-12(10)13(11)14/h4-6,8H,3,7H2,1-2H3/b11-8+. The molecule has 1 aromatic rings. The summed E-state index contributed by atoms with van der Waals surface area (Å²) in [6, 6.07) is 6.01. The van der Waals surface area contributed by atoms with Crippen molar-refractivity contribution in [3.63, 3.8) is 0 Å². The molecule has 0 spiro atoms. The van der Waals surface area contributed by atoms with Crippen molar-refractivity contribution in [1.29, 1.82) is 0 Å². The smallest absolute Gasteiger partial charge is 0.192 e. The molecule has 0 heterocycles. The fourth-order valence-electron chi connectivity index (χ4n) is 1.79. The molecule has 0 amide bonds. The third-order valence-corrected chi connectivity index (χ3v) is 2.57. The summed E-state index contributed by atoms with van der Waals surface area (Å²) in [7, 11) is 0. The van der Waals surface area contributed by atoms with Crippen molar-refractivity contribution in [1.82, 2.24) is 0 Å². The largest absolute Gasteiger partial charge is 0.501 e. The lowest BCUT2D eigenvalue weighted by atomic mass is 10.1. The summed E-state index contributed by atoms with van der Waals surface area (Å²) in [5.41, 5.74) is 3.83. The molecule has 0 atom stereocenters. The molecule has 0 radical (unpaired) electrons. The Morgan fingerprint density at radius 2 is 2.27 bits per heavy atom. The van der Waals surface area contributed by atoms with Gasteiger partial charge in [0.1, 0.15) is 0 Å². The van der Waals surface area contributed by atoms with Crippen LogP contribution in [0.5, 0.6) is 0 Å². The molecule has 0 N–H and O–H groups in total. The summed E-state index contributed by atoms with van der Waals surface area (Å²) in [6.45, 7) is 4.51. The number of carbonyl (C=O) groups is 1. The maximum Gasteiger partial charge on any atom is 0.192 e. The van der Waals surface area contributed by atoms with Crippen LogP contribution in [0.4, 0.5) is 0 Å². The van der Waals surface area contributed by atoms with Gasteiger partial charge in [-0.15, -0.1) is 0 Å². The first-order valence-electron chi connectivity index (χ1n) is 5.17. The van der Waals surface area contributed by atoms with Crippen LogP contribution in [0.3, 0.4) is 0 Å². The molecule has 0 unspecified atom stereocenters. The zero-order valence-corrected chi connectivity index (χ0v) is 9.04. The zero-order valence-electron chi connectivity index (χ0n) is 9.04. The topological polar surface area (TPSA) is 26.3 Å². The van der Waals surface area contributed by atoms with E-state index in [1.807, 2.05) is 32.0 Å². The molecule has 0 fully saturated rings. The molecule has 0 aromatic heterocycles. The lowest BCUT2D eigenvalue weighted by Crippen LogP contribution is -1.96. The van der Waals surface area contributed by atoms with Crippen LogP contribution in [-0.2, 0) is 11.2 Å². The monoisotopic (exact) mass is 202 g/mol. The number of hydrogen-bond acceptors (Lipinski definition) is 2. The third kappa shape index (κ3) is 1.80. The van der Waals surface area contributed by atoms with E-state index in [4.69, 9.17) is 4.74 Å². The lowest BCUT2D eigenvalue weighted by Gasteiger charge is -1.97. The summed E-state index contributed by atoms with van der Waals surface area (Å²) < 4.78 is 5.17. The van der Waals surface area contributed by atoms with Gasteiger partial charge < -0.3 is 4.74 Å². The Bertz CT molecular complexity index is 430. The maximum absolute atomic E-state index is 11.9. The van der Waals surface area contributed by atoms with E-state index in [2.05, 4.69) is 0 Å². The number of aryl methyl sites for hydroxylation is 1. The van der Waals surface area contributed by atoms with E-state index < -0.39 is 0 Å². The highest BCUT2D eigenvalue weighted by Crippen LogP contribution is 2.26. The summed E-state index contributed by atoms with van der Waals surface area (Å²) in [4.78, 5) is 11.9. The van der Waals surface area contributed by atoms with Gasteiger partial charge in [-0.25, -0.2) is 0 Å². The minimum Gasteiger partial charge on any atom is -0.501 e. The summed E-state index contributed by atoms with van der Waals surface area (Å²) in [6.07, 6.45) is 2.30. The molecule has 1 aliphatic carbocycles. The van der Waals surface area contributed by atoms with E-state index in [0.29, 0.717) is 13.0 Å². The van der Waals surface area contributed by atoms with Crippen LogP contribution in [0.15, 0.2) is 30.0 Å². The van der Waals surface area contributed by atoms with Crippen molar-refractivity contribution in [3.05, 3.63) is 46.7 Å². The first-order valence-corrected chi connectivity index (χ1v) is 5.17. The Hall–Kier alpha value is -1.57. The van der Waals surface area contributed by atoms with Crippen LogP contribution >= 0.6 is 0 Å². The Balaban J connectivity index is 2.33. The first-order chi connectivity index (χ1) is 7.22. The molecular formula is C13H14O2. The molecule has 15 heavy (non-hydrogen) atoms. The predicted molar refractivity (Wildman–Crippen MR) is 58.9 cm³/mol. The third-order valence-electron chi connectivity index (χ3n) is 2.57. The number of ketones is 1. The number of Topliss-reactive ketones (excluding diaryl/α,β-unsaturated/α-hetero) is 1. The minimum absolute atomic E-state index is 0.113. The number of allylic oxidation sites excluding steroid dienone is 1. The SMILES string of the molecule is CCO/C=C1\Cc2ccc(C)cc2C1=O. The summed E-state index contributed by atoms with van der Waals surface area (Å²) >= 11 is 0. The van der Waals surface area contributed by atoms with Crippen LogP contribution in [0.25, 0.3) is 0 Å².